The molecule has 2 rings (SSSR count). The average Bonchev–Trinajstić information content (AvgIpc) is 2.59. The number of hydrogen-bond acceptors (Lipinski definition) is 4. The lowest BCUT2D eigenvalue weighted by atomic mass is 10.1. The minimum absolute atomic E-state index is 0.0396. The van der Waals surface area contributed by atoms with Crippen molar-refractivity contribution in [2.24, 2.45) is 5.92 Å². The van der Waals surface area contributed by atoms with Gasteiger partial charge in [-0.2, -0.15) is 0 Å². The van der Waals surface area contributed by atoms with Gasteiger partial charge in [0.1, 0.15) is 12.4 Å². The topological polar surface area (TPSA) is 88.5 Å². The molecule has 6 heteroatoms. The number of carboxylic acid groups (broad SMARTS) is 1. The first-order valence-corrected chi connectivity index (χ1v) is 8.12. The third kappa shape index (κ3) is 7.03. The van der Waals surface area contributed by atoms with Crippen molar-refractivity contribution in [3.63, 3.8) is 0 Å². The fourth-order valence-electron chi connectivity index (χ4n) is 2.30. The maximum atomic E-state index is 12.0. The zero-order chi connectivity index (χ0) is 18.1. The van der Waals surface area contributed by atoms with Gasteiger partial charge in [-0.25, -0.2) is 0 Å². The molecule has 0 saturated heterocycles. The van der Waals surface area contributed by atoms with Crippen LogP contribution in [0.2, 0.25) is 0 Å². The van der Waals surface area contributed by atoms with Crippen LogP contribution in [0.1, 0.15) is 24.5 Å². The molecule has 1 heterocycles. The van der Waals surface area contributed by atoms with Crippen LogP contribution in [0.3, 0.4) is 0 Å². The molecule has 6 nitrogen and oxygen atoms in total. The molecule has 1 unspecified atom stereocenters. The van der Waals surface area contributed by atoms with E-state index in [1.807, 2.05) is 36.4 Å². The van der Waals surface area contributed by atoms with Crippen LogP contribution in [-0.4, -0.2) is 28.5 Å². The number of nitrogens with zero attached hydrogens (tertiary/aromatic N) is 1. The molecule has 1 aromatic heterocycles. The van der Waals surface area contributed by atoms with Crippen molar-refractivity contribution in [2.45, 2.75) is 26.4 Å². The molecule has 0 bridgehead atoms. The first-order chi connectivity index (χ1) is 12.0. The number of nitrogens with one attached hydrogen (secondary N) is 1. The van der Waals surface area contributed by atoms with Gasteiger partial charge in [-0.15, -0.1) is 0 Å². The van der Waals surface area contributed by atoms with E-state index in [0.717, 1.165) is 11.1 Å². The third-order valence-corrected chi connectivity index (χ3v) is 3.56. The van der Waals surface area contributed by atoms with Crippen LogP contribution >= 0.6 is 0 Å². The summed E-state index contributed by atoms with van der Waals surface area (Å²) in [5.74, 6) is -0.411. The van der Waals surface area contributed by atoms with Gasteiger partial charge < -0.3 is 15.2 Å². The number of amides is 1. The average molecular weight is 342 g/mol. The van der Waals surface area contributed by atoms with Crippen LogP contribution < -0.4 is 10.1 Å². The Morgan fingerprint density at radius 3 is 2.76 bits per heavy atom. The van der Waals surface area contributed by atoms with E-state index < -0.39 is 5.97 Å². The zero-order valence-corrected chi connectivity index (χ0v) is 14.1. The molecule has 0 aliphatic rings. The minimum Gasteiger partial charge on any atom is -0.489 e. The highest BCUT2D eigenvalue weighted by Crippen LogP contribution is 2.15. The number of carbonyl (C=O) groups is 2. The van der Waals surface area contributed by atoms with Crippen molar-refractivity contribution in [3.8, 4) is 5.75 Å². The molecule has 1 atom stereocenters. The lowest BCUT2D eigenvalue weighted by Crippen LogP contribution is -2.30. The van der Waals surface area contributed by atoms with Gasteiger partial charge in [-0.3, -0.25) is 14.6 Å². The SMILES string of the molecule is CC(CNC(=O)Cc1cccc(OCc2cccnc2)c1)CC(=O)O. The van der Waals surface area contributed by atoms with Gasteiger partial charge in [-0.1, -0.05) is 25.1 Å². The Labute approximate surface area is 146 Å². The van der Waals surface area contributed by atoms with Crippen molar-refractivity contribution in [1.29, 1.82) is 0 Å². The molecule has 25 heavy (non-hydrogen) atoms. The maximum absolute atomic E-state index is 12.0. The van der Waals surface area contributed by atoms with Crippen LogP contribution in [0.5, 0.6) is 5.75 Å². The molecular formula is C19H22N2O4. The van der Waals surface area contributed by atoms with Gasteiger partial charge in [-0.05, 0) is 29.7 Å². The van der Waals surface area contributed by atoms with Gasteiger partial charge >= 0.3 is 5.97 Å². The molecule has 0 fully saturated rings. The van der Waals surface area contributed by atoms with Crippen molar-refractivity contribution in [1.82, 2.24) is 10.3 Å². The number of rotatable bonds is 9. The summed E-state index contributed by atoms with van der Waals surface area (Å²) in [6.07, 6.45) is 3.72. The number of pyridine rings is 1. The lowest BCUT2D eigenvalue weighted by Gasteiger charge is -2.11. The first-order valence-electron chi connectivity index (χ1n) is 8.12. The van der Waals surface area contributed by atoms with Crippen molar-refractivity contribution < 1.29 is 19.4 Å². The molecule has 1 amide bonds. The van der Waals surface area contributed by atoms with E-state index in [2.05, 4.69) is 10.3 Å². The molecule has 2 aromatic rings. The van der Waals surface area contributed by atoms with E-state index >= 15 is 0 Å². The second-order valence-electron chi connectivity index (χ2n) is 5.98. The fourth-order valence-corrected chi connectivity index (χ4v) is 2.30. The molecule has 0 aliphatic carbocycles. The second-order valence-corrected chi connectivity index (χ2v) is 5.98. The normalized spacial score (nSPS) is 11.6. The standard InChI is InChI=1S/C19H22N2O4/c1-14(8-19(23)24)11-21-18(22)10-15-4-2-6-17(9-15)25-13-16-5-3-7-20-12-16/h2-7,9,12,14H,8,10-11,13H2,1H3,(H,21,22)(H,23,24). The predicted octanol–water partition coefficient (Wildman–Crippen LogP) is 2.43. The van der Waals surface area contributed by atoms with Crippen LogP contribution in [-0.2, 0) is 22.6 Å². The van der Waals surface area contributed by atoms with E-state index in [1.54, 1.807) is 19.3 Å². The van der Waals surface area contributed by atoms with Crippen molar-refractivity contribution in [2.75, 3.05) is 6.54 Å². The molecule has 0 radical (unpaired) electrons. The first kappa shape index (κ1) is 18.4. The molecule has 0 spiro atoms. The Morgan fingerprint density at radius 1 is 1.24 bits per heavy atom. The van der Waals surface area contributed by atoms with Gasteiger partial charge in [0.05, 0.1) is 6.42 Å². The summed E-state index contributed by atoms with van der Waals surface area (Å²) in [5, 5.41) is 11.5. The Bertz CT molecular complexity index is 704. The van der Waals surface area contributed by atoms with Gasteiger partial charge in [0.25, 0.3) is 0 Å². The number of carboxylic acids is 1. The van der Waals surface area contributed by atoms with Gasteiger partial charge in [0, 0.05) is 30.9 Å². The number of carbonyl (C=O) groups excluding carboxylic acids is 1. The van der Waals surface area contributed by atoms with E-state index in [1.165, 1.54) is 0 Å². The van der Waals surface area contributed by atoms with E-state index in [9.17, 15) is 9.59 Å². The van der Waals surface area contributed by atoms with E-state index in [-0.39, 0.29) is 24.7 Å². The Balaban J connectivity index is 1.82. The van der Waals surface area contributed by atoms with Crippen LogP contribution in [0.4, 0.5) is 0 Å². The van der Waals surface area contributed by atoms with Crippen LogP contribution in [0.15, 0.2) is 48.8 Å². The zero-order valence-electron chi connectivity index (χ0n) is 14.1. The summed E-state index contributed by atoms with van der Waals surface area (Å²) < 4.78 is 5.72. The molecule has 1 aromatic carbocycles. The smallest absolute Gasteiger partial charge is 0.303 e. The lowest BCUT2D eigenvalue weighted by molar-refractivity contribution is -0.138. The number of aromatic nitrogens is 1. The Kier molecular flexibility index (Phi) is 6.95. The van der Waals surface area contributed by atoms with Crippen LogP contribution in [0, 0.1) is 5.92 Å². The van der Waals surface area contributed by atoms with Gasteiger partial charge in [0.15, 0.2) is 0 Å². The van der Waals surface area contributed by atoms with Crippen molar-refractivity contribution in [3.05, 3.63) is 59.9 Å². The van der Waals surface area contributed by atoms with Crippen molar-refractivity contribution >= 4 is 11.9 Å². The minimum atomic E-state index is -0.861. The summed E-state index contributed by atoms with van der Waals surface area (Å²) >= 11 is 0. The molecule has 132 valence electrons. The fraction of sp³-hybridized carbons (Fsp3) is 0.316. The van der Waals surface area contributed by atoms with Crippen LogP contribution in [0.25, 0.3) is 0 Å². The summed E-state index contributed by atoms with van der Waals surface area (Å²) in [6, 6.07) is 11.2. The monoisotopic (exact) mass is 342 g/mol. The molecule has 2 N–H and O–H groups in total. The molecular weight excluding hydrogens is 320 g/mol. The Hall–Kier alpha value is -2.89. The molecule has 0 aliphatic heterocycles. The molecule has 0 saturated carbocycles. The Morgan fingerprint density at radius 2 is 2.04 bits per heavy atom. The summed E-state index contributed by atoms with van der Waals surface area (Å²) in [7, 11) is 0. The second kappa shape index (κ2) is 9.42. The number of ether oxygens (including phenoxy) is 1. The highest BCUT2D eigenvalue weighted by molar-refractivity contribution is 5.78. The highest BCUT2D eigenvalue weighted by Gasteiger charge is 2.10. The third-order valence-electron chi connectivity index (χ3n) is 3.56. The van der Waals surface area contributed by atoms with Gasteiger partial charge in [0.2, 0.25) is 5.91 Å². The quantitative estimate of drug-likeness (QED) is 0.731. The number of hydrogen-bond donors (Lipinski definition) is 2. The summed E-state index contributed by atoms with van der Waals surface area (Å²) in [4.78, 5) is 26.6. The maximum Gasteiger partial charge on any atom is 0.303 e. The van der Waals surface area contributed by atoms with E-state index in [0.29, 0.717) is 18.9 Å². The largest absolute Gasteiger partial charge is 0.489 e. The summed E-state index contributed by atoms with van der Waals surface area (Å²) in [6.45, 7) is 2.56. The van der Waals surface area contributed by atoms with E-state index in [4.69, 9.17) is 9.84 Å². The highest BCUT2D eigenvalue weighted by atomic mass is 16.5. The summed E-state index contributed by atoms with van der Waals surface area (Å²) in [5.41, 5.74) is 1.81. The number of aliphatic carboxylic acids is 1. The predicted molar refractivity (Wildman–Crippen MR) is 93.1 cm³/mol. The number of benzene rings is 1.